The van der Waals surface area contributed by atoms with E-state index in [-0.39, 0.29) is 12.0 Å². The summed E-state index contributed by atoms with van der Waals surface area (Å²) in [5, 5.41) is 4.91. The van der Waals surface area contributed by atoms with E-state index in [4.69, 9.17) is 0 Å². The van der Waals surface area contributed by atoms with Gasteiger partial charge in [-0.25, -0.2) is 14.8 Å². The molecule has 2 aromatic rings. The van der Waals surface area contributed by atoms with Gasteiger partial charge >= 0.3 is 5.97 Å². The number of rotatable bonds is 4. The molecule has 0 aliphatic heterocycles. The van der Waals surface area contributed by atoms with Gasteiger partial charge in [0.05, 0.1) is 19.3 Å². The van der Waals surface area contributed by atoms with Gasteiger partial charge in [0.2, 0.25) is 0 Å². The molecule has 96 valence electrons. The molecular weight excluding hydrogens is 270 g/mol. The number of aromatic nitrogens is 2. The summed E-state index contributed by atoms with van der Waals surface area (Å²) in [5.74, 6) is -0.363. The molecular formula is C11H13N3O2S2. The highest BCUT2D eigenvalue weighted by Gasteiger charge is 2.14. The third-order valence-corrected chi connectivity index (χ3v) is 4.25. The van der Waals surface area contributed by atoms with Gasteiger partial charge in [-0.2, -0.15) is 0 Å². The molecule has 2 heterocycles. The van der Waals surface area contributed by atoms with E-state index in [1.165, 1.54) is 29.5 Å². The van der Waals surface area contributed by atoms with Crippen LogP contribution in [0.25, 0.3) is 0 Å². The maximum absolute atomic E-state index is 11.3. The van der Waals surface area contributed by atoms with Crippen molar-refractivity contribution in [3.63, 3.8) is 0 Å². The van der Waals surface area contributed by atoms with Gasteiger partial charge in [-0.15, -0.1) is 11.3 Å². The van der Waals surface area contributed by atoms with Crippen molar-refractivity contribution in [2.45, 2.75) is 19.9 Å². The van der Waals surface area contributed by atoms with Crippen molar-refractivity contribution < 1.29 is 9.53 Å². The summed E-state index contributed by atoms with van der Waals surface area (Å²) < 4.78 is 4.64. The second-order valence-corrected chi connectivity index (χ2v) is 5.99. The third kappa shape index (κ3) is 2.85. The minimum Gasteiger partial charge on any atom is -0.465 e. The summed E-state index contributed by atoms with van der Waals surface area (Å²) in [6.45, 7) is 4.03. The lowest BCUT2D eigenvalue weighted by atomic mass is 10.4. The standard InChI is InChI=1S/C11H13N3O2S2/c1-6-4-12-9(17-6)7(2)14-11-13-5-8(18-11)10(15)16-3/h4-5,7H,1-3H3,(H,13,14). The molecule has 0 aliphatic carbocycles. The molecule has 1 atom stereocenters. The summed E-state index contributed by atoms with van der Waals surface area (Å²) in [6.07, 6.45) is 3.36. The Bertz CT molecular complexity index is 550. The molecule has 0 bridgehead atoms. The van der Waals surface area contributed by atoms with Gasteiger partial charge < -0.3 is 10.1 Å². The minimum absolute atomic E-state index is 0.0698. The molecule has 0 saturated carbocycles. The predicted octanol–water partition coefficient (Wildman–Crippen LogP) is 2.87. The number of nitrogens with one attached hydrogen (secondary N) is 1. The highest BCUT2D eigenvalue weighted by atomic mass is 32.1. The van der Waals surface area contributed by atoms with Crippen LogP contribution in [0.15, 0.2) is 12.4 Å². The van der Waals surface area contributed by atoms with E-state index in [1.54, 1.807) is 11.3 Å². The molecule has 1 N–H and O–H groups in total. The minimum atomic E-state index is -0.363. The predicted molar refractivity (Wildman–Crippen MR) is 72.3 cm³/mol. The normalized spacial score (nSPS) is 12.2. The SMILES string of the molecule is COC(=O)c1cnc(NC(C)c2ncc(C)s2)s1. The Labute approximate surface area is 113 Å². The zero-order valence-electron chi connectivity index (χ0n) is 10.3. The number of thiazole rings is 2. The van der Waals surface area contributed by atoms with Crippen LogP contribution < -0.4 is 5.32 Å². The van der Waals surface area contributed by atoms with E-state index >= 15 is 0 Å². The Morgan fingerprint density at radius 2 is 2.17 bits per heavy atom. The van der Waals surface area contributed by atoms with Crippen molar-refractivity contribution in [3.8, 4) is 0 Å². The monoisotopic (exact) mass is 283 g/mol. The van der Waals surface area contributed by atoms with Crippen LogP contribution in [0, 0.1) is 6.92 Å². The number of carbonyl (C=O) groups excluding carboxylic acids is 1. The van der Waals surface area contributed by atoms with Gasteiger partial charge in [0.1, 0.15) is 9.88 Å². The number of esters is 1. The first-order chi connectivity index (χ1) is 8.60. The van der Waals surface area contributed by atoms with Gasteiger partial charge in [0.25, 0.3) is 0 Å². The summed E-state index contributed by atoms with van der Waals surface area (Å²) in [7, 11) is 1.36. The highest BCUT2D eigenvalue weighted by molar-refractivity contribution is 7.17. The first-order valence-corrected chi connectivity index (χ1v) is 6.96. The smallest absolute Gasteiger partial charge is 0.349 e. The fourth-order valence-electron chi connectivity index (χ4n) is 1.36. The van der Waals surface area contributed by atoms with Gasteiger partial charge in [-0.1, -0.05) is 11.3 Å². The summed E-state index contributed by atoms with van der Waals surface area (Å²) in [4.78, 5) is 21.4. The first-order valence-electron chi connectivity index (χ1n) is 5.33. The van der Waals surface area contributed by atoms with Crippen LogP contribution in [-0.2, 0) is 4.74 Å². The highest BCUT2D eigenvalue weighted by Crippen LogP contribution is 2.26. The van der Waals surface area contributed by atoms with Crippen molar-refractivity contribution in [2.75, 3.05) is 12.4 Å². The number of aryl methyl sites for hydroxylation is 1. The fraction of sp³-hybridized carbons (Fsp3) is 0.364. The van der Waals surface area contributed by atoms with E-state index in [0.29, 0.717) is 10.0 Å². The summed E-state index contributed by atoms with van der Waals surface area (Å²) in [5.41, 5.74) is 0. The summed E-state index contributed by atoms with van der Waals surface area (Å²) in [6, 6.07) is 0.0698. The lowest BCUT2D eigenvalue weighted by molar-refractivity contribution is 0.0606. The Hall–Kier alpha value is -1.47. The zero-order valence-corrected chi connectivity index (χ0v) is 11.9. The molecule has 0 aliphatic rings. The van der Waals surface area contributed by atoms with Crippen LogP contribution >= 0.6 is 22.7 Å². The number of hydrogen-bond acceptors (Lipinski definition) is 7. The largest absolute Gasteiger partial charge is 0.465 e. The quantitative estimate of drug-likeness (QED) is 0.874. The number of ether oxygens (including phenoxy) is 1. The molecule has 1 unspecified atom stereocenters. The molecule has 0 amide bonds. The van der Waals surface area contributed by atoms with Gasteiger partial charge in [0, 0.05) is 11.1 Å². The lowest BCUT2D eigenvalue weighted by Gasteiger charge is -2.08. The lowest BCUT2D eigenvalue weighted by Crippen LogP contribution is -2.05. The number of carbonyl (C=O) groups is 1. The van der Waals surface area contributed by atoms with Gasteiger partial charge in [-0.05, 0) is 13.8 Å². The number of anilines is 1. The molecule has 2 aromatic heterocycles. The fourth-order valence-corrected chi connectivity index (χ4v) is 2.95. The van der Waals surface area contributed by atoms with E-state index in [1.807, 2.05) is 20.0 Å². The topological polar surface area (TPSA) is 64.1 Å². The van der Waals surface area contributed by atoms with E-state index in [2.05, 4.69) is 20.0 Å². The van der Waals surface area contributed by atoms with Crippen LogP contribution in [0.1, 0.15) is 32.5 Å². The third-order valence-electron chi connectivity index (χ3n) is 2.24. The van der Waals surface area contributed by atoms with Crippen LogP contribution in [0.2, 0.25) is 0 Å². The number of hydrogen-bond donors (Lipinski definition) is 1. The molecule has 0 spiro atoms. The maximum Gasteiger partial charge on any atom is 0.349 e. The van der Waals surface area contributed by atoms with E-state index in [0.717, 1.165) is 5.01 Å². The zero-order chi connectivity index (χ0) is 13.1. The molecule has 0 radical (unpaired) electrons. The Morgan fingerprint density at radius 3 is 2.78 bits per heavy atom. The van der Waals surface area contributed by atoms with Crippen LogP contribution in [0.5, 0.6) is 0 Å². The van der Waals surface area contributed by atoms with Gasteiger partial charge in [-0.3, -0.25) is 0 Å². The Balaban J connectivity index is 2.05. The summed E-state index contributed by atoms with van der Waals surface area (Å²) >= 11 is 2.92. The van der Waals surface area contributed by atoms with Crippen molar-refractivity contribution in [1.29, 1.82) is 0 Å². The van der Waals surface area contributed by atoms with Crippen LogP contribution in [-0.4, -0.2) is 23.0 Å². The van der Waals surface area contributed by atoms with Crippen molar-refractivity contribution in [2.24, 2.45) is 0 Å². The molecule has 0 saturated heterocycles. The molecule has 5 nitrogen and oxygen atoms in total. The number of methoxy groups -OCH3 is 1. The van der Waals surface area contributed by atoms with Crippen LogP contribution in [0.3, 0.4) is 0 Å². The van der Waals surface area contributed by atoms with E-state index in [9.17, 15) is 4.79 Å². The van der Waals surface area contributed by atoms with E-state index < -0.39 is 0 Å². The molecule has 18 heavy (non-hydrogen) atoms. The second-order valence-electron chi connectivity index (χ2n) is 3.70. The molecule has 0 aromatic carbocycles. The second kappa shape index (κ2) is 5.45. The Morgan fingerprint density at radius 1 is 1.39 bits per heavy atom. The number of nitrogens with zero attached hydrogens (tertiary/aromatic N) is 2. The Kier molecular flexibility index (Phi) is 3.93. The van der Waals surface area contributed by atoms with Crippen molar-refractivity contribution in [3.05, 3.63) is 27.2 Å². The van der Waals surface area contributed by atoms with Crippen LogP contribution in [0.4, 0.5) is 5.13 Å². The molecule has 2 rings (SSSR count). The maximum atomic E-state index is 11.3. The van der Waals surface area contributed by atoms with Crippen molar-refractivity contribution >= 4 is 33.8 Å². The average molecular weight is 283 g/mol. The van der Waals surface area contributed by atoms with Gasteiger partial charge in [0.15, 0.2) is 5.13 Å². The van der Waals surface area contributed by atoms with Crippen molar-refractivity contribution in [1.82, 2.24) is 9.97 Å². The average Bonchev–Trinajstić information content (AvgIpc) is 2.97. The molecule has 7 heteroatoms. The first kappa shape index (κ1) is 13.0. The molecule has 0 fully saturated rings.